The Hall–Kier alpha value is -2.32. The maximum absolute atomic E-state index is 8.17. The van der Waals surface area contributed by atoms with Crippen molar-refractivity contribution in [2.45, 2.75) is 39.5 Å². The molecule has 2 aromatic rings. The molecule has 0 spiro atoms. The van der Waals surface area contributed by atoms with Crippen molar-refractivity contribution in [1.82, 2.24) is 24.8 Å². The number of hydrogen-bond acceptors (Lipinski definition) is 6. The Balaban J connectivity index is 1.73. The van der Waals surface area contributed by atoms with Gasteiger partial charge in [-0.25, -0.2) is 9.97 Å². The lowest BCUT2D eigenvalue weighted by Crippen LogP contribution is -2.33. The average Bonchev–Trinajstić information content (AvgIpc) is 3.18. The summed E-state index contributed by atoms with van der Waals surface area (Å²) in [7, 11) is 0. The van der Waals surface area contributed by atoms with E-state index in [-0.39, 0.29) is 0 Å². The highest BCUT2D eigenvalue weighted by molar-refractivity contribution is 5.84. The van der Waals surface area contributed by atoms with Crippen LogP contribution in [0.4, 0.5) is 0 Å². The molecule has 2 heterocycles. The normalized spacial score (nSPS) is 11.2. The summed E-state index contributed by atoms with van der Waals surface area (Å²) < 4.78 is 0. The zero-order valence-corrected chi connectivity index (χ0v) is 15.7. The van der Waals surface area contributed by atoms with Gasteiger partial charge in [0.05, 0.1) is 0 Å². The van der Waals surface area contributed by atoms with Crippen molar-refractivity contribution in [2.75, 3.05) is 26.2 Å². The number of rotatable bonds is 12. The molecule has 0 aliphatic carbocycles. The largest absolute Gasteiger partial charge is 0.346 e. The molecule has 0 saturated heterocycles. The minimum Gasteiger partial charge on any atom is -0.346 e. The fourth-order valence-electron chi connectivity index (χ4n) is 2.86. The first kappa shape index (κ1) is 20.0. The molecular weight excluding hydrogens is 328 g/mol. The van der Waals surface area contributed by atoms with E-state index < -0.39 is 0 Å². The van der Waals surface area contributed by atoms with Crippen molar-refractivity contribution in [3.8, 4) is 0 Å². The number of nitrogens with zero attached hydrogens (tertiary/aromatic N) is 3. The Labute approximate surface area is 154 Å². The highest BCUT2D eigenvalue weighted by atomic mass is 15.1. The van der Waals surface area contributed by atoms with E-state index in [1.54, 1.807) is 12.4 Å². The molecule has 6 N–H and O–H groups in total. The molecular formula is C18H30N8. The summed E-state index contributed by atoms with van der Waals surface area (Å²) in [4.78, 5) is 16.9. The quantitative estimate of drug-likeness (QED) is 0.368. The first-order valence-electron chi connectivity index (χ1n) is 9.02. The van der Waals surface area contributed by atoms with Gasteiger partial charge in [-0.15, -0.1) is 0 Å². The number of nitrogens with two attached hydrogens (primary N) is 1. The Bertz CT molecular complexity index is 656. The van der Waals surface area contributed by atoms with Crippen LogP contribution in [0.5, 0.6) is 0 Å². The molecule has 0 bridgehead atoms. The second-order valence-electron chi connectivity index (χ2n) is 6.68. The van der Waals surface area contributed by atoms with Gasteiger partial charge in [-0.05, 0) is 26.7 Å². The van der Waals surface area contributed by atoms with Gasteiger partial charge in [0.15, 0.2) is 0 Å². The second-order valence-corrected chi connectivity index (χ2v) is 6.68. The molecule has 0 aliphatic heterocycles. The van der Waals surface area contributed by atoms with Crippen molar-refractivity contribution in [3.05, 3.63) is 35.4 Å². The summed E-state index contributed by atoms with van der Waals surface area (Å²) in [6.45, 7) is 6.78. The summed E-state index contributed by atoms with van der Waals surface area (Å²) >= 11 is 0. The van der Waals surface area contributed by atoms with E-state index in [2.05, 4.69) is 24.8 Å². The van der Waals surface area contributed by atoms with Gasteiger partial charge in [0.2, 0.25) is 0 Å². The third-order valence-corrected chi connectivity index (χ3v) is 4.22. The predicted octanol–water partition coefficient (Wildman–Crippen LogP) is 1.62. The van der Waals surface area contributed by atoms with E-state index in [9.17, 15) is 0 Å². The van der Waals surface area contributed by atoms with Gasteiger partial charge >= 0.3 is 0 Å². The first-order chi connectivity index (χ1) is 12.5. The Morgan fingerprint density at radius 2 is 1.38 bits per heavy atom. The minimum absolute atomic E-state index is 0.583. The summed E-state index contributed by atoms with van der Waals surface area (Å²) in [6.07, 6.45) is 6.19. The smallest absolute Gasteiger partial charge is 0.103 e. The van der Waals surface area contributed by atoms with Gasteiger partial charge in [0, 0.05) is 74.2 Å². The maximum atomic E-state index is 8.17. The molecule has 0 saturated carbocycles. The van der Waals surface area contributed by atoms with Gasteiger partial charge in [-0.2, -0.15) is 0 Å². The predicted molar refractivity (Wildman–Crippen MR) is 104 cm³/mol. The Morgan fingerprint density at radius 1 is 0.923 bits per heavy atom. The van der Waals surface area contributed by atoms with Crippen LogP contribution in [0.15, 0.2) is 12.4 Å². The Morgan fingerprint density at radius 3 is 1.73 bits per heavy atom. The highest BCUT2D eigenvalue weighted by Crippen LogP contribution is 2.04. The van der Waals surface area contributed by atoms with Crippen LogP contribution in [0, 0.1) is 24.7 Å². The number of aromatic nitrogens is 4. The molecule has 0 aromatic carbocycles. The van der Waals surface area contributed by atoms with Crippen LogP contribution in [-0.2, 0) is 12.8 Å². The third kappa shape index (κ3) is 6.89. The van der Waals surface area contributed by atoms with Gasteiger partial charge in [0.25, 0.3) is 0 Å². The van der Waals surface area contributed by atoms with Crippen molar-refractivity contribution in [2.24, 2.45) is 5.73 Å². The SMILES string of the molecule is Cc1ncc(CC(=N)CCN(CCN)CCC(=N)Cc2cnc(C)[nH]2)[nH]1. The van der Waals surface area contributed by atoms with E-state index in [0.717, 1.165) is 42.7 Å². The maximum Gasteiger partial charge on any atom is 0.103 e. The molecule has 0 fully saturated rings. The second kappa shape index (κ2) is 9.98. The van der Waals surface area contributed by atoms with E-state index in [1.807, 2.05) is 13.8 Å². The van der Waals surface area contributed by atoms with Crippen LogP contribution in [-0.4, -0.2) is 62.4 Å². The van der Waals surface area contributed by atoms with Crippen molar-refractivity contribution in [3.63, 3.8) is 0 Å². The molecule has 142 valence electrons. The number of H-pyrrole nitrogens is 2. The number of hydrogen-bond donors (Lipinski definition) is 5. The molecule has 0 aliphatic rings. The number of nitrogens with one attached hydrogen (secondary N) is 4. The summed E-state index contributed by atoms with van der Waals surface area (Å²) in [5, 5.41) is 16.3. The van der Waals surface area contributed by atoms with Gasteiger partial charge in [-0.3, -0.25) is 0 Å². The lowest BCUT2D eigenvalue weighted by atomic mass is 10.1. The van der Waals surface area contributed by atoms with E-state index >= 15 is 0 Å². The van der Waals surface area contributed by atoms with Crippen LogP contribution < -0.4 is 5.73 Å². The zero-order valence-electron chi connectivity index (χ0n) is 15.7. The van der Waals surface area contributed by atoms with Crippen LogP contribution in [0.25, 0.3) is 0 Å². The lowest BCUT2D eigenvalue weighted by molar-refractivity contribution is 0.297. The molecule has 8 nitrogen and oxygen atoms in total. The third-order valence-electron chi connectivity index (χ3n) is 4.22. The molecule has 0 atom stereocenters. The minimum atomic E-state index is 0.583. The van der Waals surface area contributed by atoms with Crippen LogP contribution >= 0.6 is 0 Å². The highest BCUT2D eigenvalue weighted by Gasteiger charge is 2.10. The fraction of sp³-hybridized carbons (Fsp3) is 0.556. The van der Waals surface area contributed by atoms with Crippen LogP contribution in [0.3, 0.4) is 0 Å². The summed E-state index contributed by atoms with van der Waals surface area (Å²) in [5.74, 6) is 1.76. The van der Waals surface area contributed by atoms with Gasteiger partial charge in [-0.1, -0.05) is 0 Å². The summed E-state index contributed by atoms with van der Waals surface area (Å²) in [6, 6.07) is 0. The molecule has 26 heavy (non-hydrogen) atoms. The van der Waals surface area contributed by atoms with Gasteiger partial charge < -0.3 is 31.4 Å². The van der Waals surface area contributed by atoms with Crippen molar-refractivity contribution >= 4 is 11.4 Å². The fourth-order valence-corrected chi connectivity index (χ4v) is 2.86. The Kier molecular flexibility index (Phi) is 7.68. The topological polar surface area (TPSA) is 134 Å². The van der Waals surface area contributed by atoms with E-state index in [0.29, 0.717) is 43.7 Å². The molecule has 8 heteroatoms. The number of imidazole rings is 2. The van der Waals surface area contributed by atoms with E-state index in [4.69, 9.17) is 16.6 Å². The van der Waals surface area contributed by atoms with Crippen LogP contribution in [0.1, 0.15) is 35.9 Å². The van der Waals surface area contributed by atoms with Gasteiger partial charge in [0.1, 0.15) is 11.6 Å². The molecule has 0 radical (unpaired) electrons. The number of aromatic amines is 2. The van der Waals surface area contributed by atoms with Crippen molar-refractivity contribution in [1.29, 1.82) is 10.8 Å². The molecule has 0 amide bonds. The standard InChI is InChI=1S/C18H30N8/c1-13-22-11-17(24-13)9-15(20)3-6-26(8-5-19)7-4-16(21)10-18-12-23-14(2)25-18/h11-12,20-21H,3-10,19H2,1-2H3,(H,22,24)(H,23,25). The molecule has 2 aromatic heterocycles. The molecule has 2 rings (SSSR count). The molecule has 0 unspecified atom stereocenters. The lowest BCUT2D eigenvalue weighted by Gasteiger charge is -2.21. The first-order valence-corrected chi connectivity index (χ1v) is 9.02. The van der Waals surface area contributed by atoms with Crippen molar-refractivity contribution < 1.29 is 0 Å². The zero-order chi connectivity index (χ0) is 18.9. The average molecular weight is 358 g/mol. The monoisotopic (exact) mass is 358 g/mol. The number of aryl methyl sites for hydroxylation is 2. The van der Waals surface area contributed by atoms with Crippen LogP contribution in [0.2, 0.25) is 0 Å². The van der Waals surface area contributed by atoms with E-state index in [1.165, 1.54) is 0 Å². The summed E-state index contributed by atoms with van der Waals surface area (Å²) in [5.41, 5.74) is 9.04.